The molecule has 0 saturated heterocycles. The van der Waals surface area contributed by atoms with Crippen molar-refractivity contribution in [3.05, 3.63) is 36.1 Å². The summed E-state index contributed by atoms with van der Waals surface area (Å²) in [5, 5.41) is 0.988. The number of Topliss-reactive ketones (excluding diaryl/α,β-unsaturated/α-hetero) is 1. The second-order valence-corrected chi connectivity index (χ2v) is 5.39. The molecule has 21 heavy (non-hydrogen) atoms. The molecule has 1 aromatic heterocycles. The molecular formula is C18H25NO2. The summed E-state index contributed by atoms with van der Waals surface area (Å²) in [6.45, 7) is 10.1. The first-order valence-corrected chi connectivity index (χ1v) is 7.91. The Hall–Kier alpha value is -1.61. The molecule has 3 nitrogen and oxygen atoms in total. The van der Waals surface area contributed by atoms with E-state index in [-0.39, 0.29) is 5.78 Å². The topological polar surface area (TPSA) is 33.5 Å². The molecule has 0 fully saturated rings. The second-order valence-electron chi connectivity index (χ2n) is 5.39. The van der Waals surface area contributed by atoms with Crippen molar-refractivity contribution in [1.29, 1.82) is 0 Å². The quantitative estimate of drug-likeness (QED) is 0.702. The number of hydrogen-bond donors (Lipinski definition) is 0. The van der Waals surface area contributed by atoms with Gasteiger partial charge in [0.05, 0.1) is 5.54 Å². The Morgan fingerprint density at radius 1 is 1.10 bits per heavy atom. The minimum Gasteiger partial charge on any atom is -0.453 e. The number of benzene rings is 1. The molecule has 0 aliphatic heterocycles. The van der Waals surface area contributed by atoms with Crippen LogP contribution in [0.5, 0.6) is 0 Å². The lowest BCUT2D eigenvalue weighted by Crippen LogP contribution is -2.53. The Morgan fingerprint density at radius 2 is 1.71 bits per heavy atom. The molecule has 3 heteroatoms. The Morgan fingerprint density at radius 3 is 2.24 bits per heavy atom. The molecule has 0 amide bonds. The minimum atomic E-state index is -0.461. The van der Waals surface area contributed by atoms with Crippen LogP contribution in [-0.2, 0) is 0 Å². The maximum absolute atomic E-state index is 13.1. The highest BCUT2D eigenvalue weighted by atomic mass is 16.3. The molecule has 0 radical (unpaired) electrons. The Labute approximate surface area is 126 Å². The van der Waals surface area contributed by atoms with Crippen molar-refractivity contribution in [3.8, 4) is 0 Å². The molecule has 1 heterocycles. The Bertz CT molecular complexity index is 573. The molecule has 1 aromatic carbocycles. The van der Waals surface area contributed by atoms with Crippen LogP contribution in [0, 0.1) is 0 Å². The van der Waals surface area contributed by atoms with Gasteiger partial charge in [-0.05, 0) is 38.1 Å². The standard InChI is InChI=1S/C18H25NO2/c1-5-18(6-2,19(7-3)8-4)17(20)16-13-14-11-9-10-12-15(14)21-16/h9-13H,5-8H2,1-4H3. The van der Waals surface area contributed by atoms with Crippen molar-refractivity contribution < 1.29 is 9.21 Å². The molecule has 0 aliphatic carbocycles. The fourth-order valence-corrected chi connectivity index (χ4v) is 3.31. The van der Waals surface area contributed by atoms with Gasteiger partial charge >= 0.3 is 0 Å². The first-order chi connectivity index (χ1) is 10.1. The molecule has 0 N–H and O–H groups in total. The highest BCUT2D eigenvalue weighted by molar-refractivity contribution is 6.03. The summed E-state index contributed by atoms with van der Waals surface area (Å²) in [7, 11) is 0. The lowest BCUT2D eigenvalue weighted by molar-refractivity contribution is 0.0508. The van der Waals surface area contributed by atoms with Gasteiger partial charge < -0.3 is 4.42 Å². The predicted octanol–water partition coefficient (Wildman–Crippen LogP) is 4.52. The van der Waals surface area contributed by atoms with E-state index in [2.05, 4.69) is 32.6 Å². The summed E-state index contributed by atoms with van der Waals surface area (Å²) in [4.78, 5) is 15.4. The largest absolute Gasteiger partial charge is 0.453 e. The van der Waals surface area contributed by atoms with E-state index in [1.165, 1.54) is 0 Å². The Balaban J connectivity index is 2.46. The van der Waals surface area contributed by atoms with Crippen molar-refractivity contribution in [2.75, 3.05) is 13.1 Å². The molecule has 0 saturated carbocycles. The Kier molecular flexibility index (Phi) is 4.84. The number of carbonyl (C=O) groups is 1. The number of carbonyl (C=O) groups excluding carboxylic acids is 1. The van der Waals surface area contributed by atoms with Crippen LogP contribution in [-0.4, -0.2) is 29.3 Å². The van der Waals surface area contributed by atoms with E-state index in [4.69, 9.17) is 4.42 Å². The highest BCUT2D eigenvalue weighted by Gasteiger charge is 2.41. The van der Waals surface area contributed by atoms with Crippen LogP contribution in [0.25, 0.3) is 11.0 Å². The highest BCUT2D eigenvalue weighted by Crippen LogP contribution is 2.31. The molecule has 0 unspecified atom stereocenters. The number of likely N-dealkylation sites (N-methyl/N-ethyl adjacent to an activating group) is 1. The number of para-hydroxylation sites is 1. The summed E-state index contributed by atoms with van der Waals surface area (Å²) < 4.78 is 5.80. The summed E-state index contributed by atoms with van der Waals surface area (Å²) in [6, 6.07) is 9.65. The van der Waals surface area contributed by atoms with Crippen LogP contribution in [0.4, 0.5) is 0 Å². The van der Waals surface area contributed by atoms with Gasteiger partial charge in [-0.1, -0.05) is 45.9 Å². The summed E-state index contributed by atoms with van der Waals surface area (Å²) in [5.74, 6) is 0.583. The third-order valence-corrected chi connectivity index (χ3v) is 4.61. The van der Waals surface area contributed by atoms with E-state index in [1.54, 1.807) is 0 Å². The first kappa shape index (κ1) is 15.8. The van der Waals surface area contributed by atoms with E-state index in [9.17, 15) is 4.79 Å². The van der Waals surface area contributed by atoms with Gasteiger partial charge in [-0.15, -0.1) is 0 Å². The van der Waals surface area contributed by atoms with Gasteiger partial charge in [-0.2, -0.15) is 0 Å². The maximum atomic E-state index is 13.1. The summed E-state index contributed by atoms with van der Waals surface area (Å²) in [6.07, 6.45) is 1.59. The van der Waals surface area contributed by atoms with Crippen molar-refractivity contribution in [3.63, 3.8) is 0 Å². The van der Waals surface area contributed by atoms with Crippen molar-refractivity contribution in [2.45, 2.75) is 46.1 Å². The fraction of sp³-hybridized carbons (Fsp3) is 0.500. The zero-order chi connectivity index (χ0) is 15.5. The predicted molar refractivity (Wildman–Crippen MR) is 86.8 cm³/mol. The second kappa shape index (κ2) is 6.44. The molecule has 2 aromatic rings. The zero-order valence-corrected chi connectivity index (χ0v) is 13.5. The summed E-state index contributed by atoms with van der Waals surface area (Å²) in [5.41, 5.74) is 0.318. The first-order valence-electron chi connectivity index (χ1n) is 7.91. The molecule has 0 bridgehead atoms. The molecule has 2 rings (SSSR count). The molecule has 0 spiro atoms. The number of hydrogen-bond acceptors (Lipinski definition) is 3. The number of furan rings is 1. The van der Waals surface area contributed by atoms with Gasteiger partial charge in [-0.25, -0.2) is 0 Å². The third-order valence-electron chi connectivity index (χ3n) is 4.61. The lowest BCUT2D eigenvalue weighted by atomic mass is 9.84. The van der Waals surface area contributed by atoms with Gasteiger partial charge in [-0.3, -0.25) is 9.69 Å². The maximum Gasteiger partial charge on any atom is 0.218 e. The molecule has 114 valence electrons. The van der Waals surface area contributed by atoms with E-state index in [0.717, 1.165) is 36.9 Å². The van der Waals surface area contributed by atoms with Crippen LogP contribution < -0.4 is 0 Å². The van der Waals surface area contributed by atoms with Crippen LogP contribution in [0.15, 0.2) is 34.7 Å². The van der Waals surface area contributed by atoms with Crippen LogP contribution in [0.1, 0.15) is 51.1 Å². The van der Waals surface area contributed by atoms with E-state index in [1.807, 2.05) is 30.3 Å². The number of rotatable bonds is 7. The zero-order valence-electron chi connectivity index (χ0n) is 13.5. The van der Waals surface area contributed by atoms with Crippen LogP contribution in [0.3, 0.4) is 0 Å². The van der Waals surface area contributed by atoms with Gasteiger partial charge in [0.25, 0.3) is 0 Å². The van der Waals surface area contributed by atoms with Crippen LogP contribution >= 0.6 is 0 Å². The monoisotopic (exact) mass is 287 g/mol. The minimum absolute atomic E-state index is 0.104. The molecule has 0 atom stereocenters. The third kappa shape index (κ3) is 2.62. The number of nitrogens with zero attached hydrogens (tertiary/aromatic N) is 1. The van der Waals surface area contributed by atoms with Gasteiger partial charge in [0, 0.05) is 5.39 Å². The molecule has 0 aliphatic rings. The lowest BCUT2D eigenvalue weighted by Gasteiger charge is -2.40. The van der Waals surface area contributed by atoms with Crippen molar-refractivity contribution >= 4 is 16.8 Å². The smallest absolute Gasteiger partial charge is 0.218 e. The fourth-order valence-electron chi connectivity index (χ4n) is 3.31. The SMILES string of the molecule is CCN(CC)C(CC)(CC)C(=O)c1cc2ccccc2o1. The van der Waals surface area contributed by atoms with E-state index in [0.29, 0.717) is 5.76 Å². The average Bonchev–Trinajstić information content (AvgIpc) is 2.96. The molecular weight excluding hydrogens is 262 g/mol. The van der Waals surface area contributed by atoms with Crippen molar-refractivity contribution in [2.24, 2.45) is 0 Å². The van der Waals surface area contributed by atoms with Crippen LogP contribution in [0.2, 0.25) is 0 Å². The van der Waals surface area contributed by atoms with Gasteiger partial charge in [0.15, 0.2) is 5.76 Å². The number of ketones is 1. The van der Waals surface area contributed by atoms with Gasteiger partial charge in [0.2, 0.25) is 5.78 Å². The van der Waals surface area contributed by atoms with E-state index >= 15 is 0 Å². The summed E-state index contributed by atoms with van der Waals surface area (Å²) >= 11 is 0. The van der Waals surface area contributed by atoms with Gasteiger partial charge in [0.1, 0.15) is 5.58 Å². The van der Waals surface area contributed by atoms with E-state index < -0.39 is 5.54 Å². The average molecular weight is 287 g/mol. The number of fused-ring (bicyclic) bond motifs is 1. The normalized spacial score (nSPS) is 12.2. The van der Waals surface area contributed by atoms with Crippen molar-refractivity contribution in [1.82, 2.24) is 4.90 Å².